The fourth-order valence-electron chi connectivity index (χ4n) is 3.44. The molecule has 0 fully saturated rings. The summed E-state index contributed by atoms with van der Waals surface area (Å²) in [6.45, 7) is 5.27. The van der Waals surface area contributed by atoms with Crippen LogP contribution in [-0.2, 0) is 19.6 Å². The molecule has 0 amide bonds. The van der Waals surface area contributed by atoms with Crippen molar-refractivity contribution in [3.05, 3.63) is 72.3 Å². The molecule has 5 nitrogen and oxygen atoms in total. The molecule has 2 atom stereocenters. The Morgan fingerprint density at radius 3 is 1.63 bits per heavy atom. The van der Waals surface area contributed by atoms with Gasteiger partial charge in [0, 0.05) is 7.11 Å². The number of hydrogen-bond acceptors (Lipinski definition) is 5. The summed E-state index contributed by atoms with van der Waals surface area (Å²) < 4.78 is 111. The number of benzene rings is 2. The quantitative estimate of drug-likeness (QED) is 0.152. The topological polar surface area (TPSA) is 46.2 Å². The second-order valence-corrected chi connectivity index (χ2v) is 7.27. The van der Waals surface area contributed by atoms with E-state index in [1.165, 1.54) is 27.2 Å². The lowest BCUT2D eigenvalue weighted by Crippen LogP contribution is -2.54. The third-order valence-electron chi connectivity index (χ3n) is 5.11. The summed E-state index contributed by atoms with van der Waals surface area (Å²) in [6.07, 6.45) is -11.4. The summed E-state index contributed by atoms with van der Waals surface area (Å²) in [5, 5.41) is 0. The highest BCUT2D eigenvalue weighted by Gasteiger charge is 2.72. The minimum Gasteiger partial charge on any atom is -0.497 e. The molecule has 2 unspecified atom stereocenters. The minimum absolute atomic E-state index is 0.0241. The van der Waals surface area contributed by atoms with Crippen LogP contribution in [0.4, 0.5) is 26.3 Å². The zero-order valence-electron chi connectivity index (χ0n) is 19.3. The van der Waals surface area contributed by atoms with Gasteiger partial charge in [-0.25, -0.2) is 0 Å². The molecule has 0 aliphatic rings. The van der Waals surface area contributed by atoms with Crippen LogP contribution in [0.15, 0.2) is 61.2 Å². The number of rotatable bonds is 12. The monoisotopic (exact) mass is 508 g/mol. The van der Waals surface area contributed by atoms with E-state index in [0.717, 1.165) is 48.5 Å². The van der Waals surface area contributed by atoms with Crippen molar-refractivity contribution in [1.29, 1.82) is 0 Å². The molecule has 0 radical (unpaired) electrons. The van der Waals surface area contributed by atoms with Gasteiger partial charge in [0.15, 0.2) is 12.6 Å². The molecular formula is C24H26F6O5. The Labute approximate surface area is 199 Å². The molecule has 194 valence electrons. The van der Waals surface area contributed by atoms with Crippen LogP contribution in [0.2, 0.25) is 0 Å². The maximum atomic E-state index is 14.2. The Bertz CT molecular complexity index is 911. The number of ether oxygens (including phenoxy) is 5. The summed E-state index contributed by atoms with van der Waals surface area (Å²) in [5.41, 5.74) is -6.25. The summed E-state index contributed by atoms with van der Waals surface area (Å²) in [7, 11) is 2.69. The Hall–Kier alpha value is -2.76. The zero-order chi connectivity index (χ0) is 26.3. The van der Waals surface area contributed by atoms with Crippen LogP contribution in [-0.4, -0.2) is 52.4 Å². The standard InChI is InChI=1S/C24H26F6O5/c1-5-21(32-4)34-15-14-33-16(2)35-20-12-8-18(9-13-20)22(23(25,26)27,24(28,29)30)17-6-10-19(31-3)11-7-17/h5-13,16,21H,1,14-15H2,2-4H3. The van der Waals surface area contributed by atoms with Crippen LogP contribution in [0.5, 0.6) is 11.5 Å². The highest BCUT2D eigenvalue weighted by molar-refractivity contribution is 5.47. The van der Waals surface area contributed by atoms with Crippen LogP contribution < -0.4 is 9.47 Å². The fourth-order valence-corrected chi connectivity index (χ4v) is 3.44. The lowest BCUT2D eigenvalue weighted by atomic mass is 9.73. The van der Waals surface area contributed by atoms with Crippen LogP contribution in [0.3, 0.4) is 0 Å². The highest BCUT2D eigenvalue weighted by atomic mass is 19.4. The number of alkyl halides is 6. The van der Waals surface area contributed by atoms with Crippen LogP contribution >= 0.6 is 0 Å². The molecule has 0 spiro atoms. The van der Waals surface area contributed by atoms with Gasteiger partial charge in [-0.3, -0.25) is 0 Å². The van der Waals surface area contributed by atoms with Crippen LogP contribution in [0, 0.1) is 0 Å². The Kier molecular flexibility index (Phi) is 9.59. The third-order valence-corrected chi connectivity index (χ3v) is 5.11. The Morgan fingerprint density at radius 1 is 0.771 bits per heavy atom. The lowest BCUT2D eigenvalue weighted by Gasteiger charge is -2.38. The summed E-state index contributed by atoms with van der Waals surface area (Å²) >= 11 is 0. The molecule has 0 heterocycles. The predicted molar refractivity (Wildman–Crippen MR) is 115 cm³/mol. The average molecular weight is 508 g/mol. The van der Waals surface area contributed by atoms with Crippen molar-refractivity contribution < 1.29 is 50.0 Å². The molecule has 0 saturated carbocycles. The van der Waals surface area contributed by atoms with E-state index in [1.807, 2.05) is 0 Å². The van der Waals surface area contributed by atoms with Gasteiger partial charge in [0.25, 0.3) is 0 Å². The molecule has 0 aliphatic heterocycles. The van der Waals surface area contributed by atoms with Gasteiger partial charge in [0.2, 0.25) is 5.41 Å². The van der Waals surface area contributed by atoms with Crippen molar-refractivity contribution in [2.45, 2.75) is 37.3 Å². The van der Waals surface area contributed by atoms with Gasteiger partial charge in [-0.05, 0) is 48.4 Å². The highest BCUT2D eigenvalue weighted by Crippen LogP contribution is 2.56. The SMILES string of the molecule is C=CC(OC)OCCOC(C)Oc1ccc(C(c2ccc(OC)cc2)(C(F)(F)F)C(F)(F)F)cc1. The van der Waals surface area contributed by atoms with Gasteiger partial charge in [-0.2, -0.15) is 26.3 Å². The normalized spacial score (nSPS) is 14.3. The van der Waals surface area contributed by atoms with Crippen molar-refractivity contribution in [3.8, 4) is 11.5 Å². The third kappa shape index (κ3) is 6.47. The van der Waals surface area contributed by atoms with Gasteiger partial charge < -0.3 is 23.7 Å². The van der Waals surface area contributed by atoms with E-state index in [9.17, 15) is 26.3 Å². The second kappa shape index (κ2) is 11.8. The van der Waals surface area contributed by atoms with Crippen molar-refractivity contribution in [3.63, 3.8) is 0 Å². The van der Waals surface area contributed by atoms with E-state index in [0.29, 0.717) is 0 Å². The predicted octanol–water partition coefficient (Wildman–Crippen LogP) is 6.02. The Morgan fingerprint density at radius 2 is 1.23 bits per heavy atom. The van der Waals surface area contributed by atoms with Crippen LogP contribution in [0.25, 0.3) is 0 Å². The molecule has 35 heavy (non-hydrogen) atoms. The first-order valence-electron chi connectivity index (χ1n) is 10.3. The molecule has 0 N–H and O–H groups in total. The first kappa shape index (κ1) is 28.5. The van der Waals surface area contributed by atoms with Crippen LogP contribution in [0.1, 0.15) is 18.1 Å². The largest absolute Gasteiger partial charge is 0.497 e. The molecule has 2 aromatic rings. The maximum Gasteiger partial charge on any atom is 0.411 e. The molecule has 2 rings (SSSR count). The average Bonchev–Trinajstić information content (AvgIpc) is 2.79. The van der Waals surface area contributed by atoms with E-state index in [2.05, 4.69) is 6.58 Å². The number of halogens is 6. The van der Waals surface area contributed by atoms with Gasteiger partial charge in [0.05, 0.1) is 20.3 Å². The molecule has 11 heteroatoms. The van der Waals surface area contributed by atoms with Gasteiger partial charge in [-0.1, -0.05) is 30.8 Å². The van der Waals surface area contributed by atoms with Gasteiger partial charge in [0.1, 0.15) is 11.5 Å². The molecular weight excluding hydrogens is 482 g/mol. The fraction of sp³-hybridized carbons (Fsp3) is 0.417. The number of methoxy groups -OCH3 is 2. The molecule has 0 bridgehead atoms. The lowest BCUT2D eigenvalue weighted by molar-refractivity contribution is -0.288. The van der Waals surface area contributed by atoms with E-state index < -0.39 is 41.5 Å². The molecule has 0 aliphatic carbocycles. The van der Waals surface area contributed by atoms with Crippen molar-refractivity contribution in [1.82, 2.24) is 0 Å². The molecule has 2 aromatic carbocycles. The smallest absolute Gasteiger partial charge is 0.411 e. The van der Waals surface area contributed by atoms with Crippen molar-refractivity contribution >= 4 is 0 Å². The first-order valence-corrected chi connectivity index (χ1v) is 10.3. The molecule has 0 aromatic heterocycles. The van der Waals surface area contributed by atoms with Crippen molar-refractivity contribution in [2.75, 3.05) is 27.4 Å². The minimum atomic E-state index is -5.69. The van der Waals surface area contributed by atoms with E-state index in [4.69, 9.17) is 23.7 Å². The van der Waals surface area contributed by atoms with Gasteiger partial charge >= 0.3 is 12.4 Å². The van der Waals surface area contributed by atoms with E-state index in [1.54, 1.807) is 0 Å². The second-order valence-electron chi connectivity index (χ2n) is 7.27. The maximum absolute atomic E-state index is 14.2. The van der Waals surface area contributed by atoms with E-state index >= 15 is 0 Å². The zero-order valence-corrected chi connectivity index (χ0v) is 19.3. The molecule has 0 saturated heterocycles. The number of hydrogen-bond donors (Lipinski definition) is 0. The summed E-state index contributed by atoms with van der Waals surface area (Å²) in [4.78, 5) is 0. The first-order chi connectivity index (χ1) is 16.4. The Balaban J connectivity index is 2.26. The summed E-state index contributed by atoms with van der Waals surface area (Å²) in [5.74, 6) is 0.147. The van der Waals surface area contributed by atoms with E-state index in [-0.39, 0.29) is 24.7 Å². The van der Waals surface area contributed by atoms with Crippen molar-refractivity contribution in [2.24, 2.45) is 0 Å². The summed E-state index contributed by atoms with van der Waals surface area (Å²) in [6, 6.07) is 7.14. The van der Waals surface area contributed by atoms with Gasteiger partial charge in [-0.15, -0.1) is 0 Å².